The van der Waals surface area contributed by atoms with E-state index in [9.17, 15) is 4.39 Å². The molecule has 21 heavy (non-hydrogen) atoms. The van der Waals surface area contributed by atoms with Crippen LogP contribution < -0.4 is 10.1 Å². The first kappa shape index (κ1) is 14.1. The molecule has 0 amide bonds. The van der Waals surface area contributed by atoms with Crippen molar-refractivity contribution in [2.24, 2.45) is 0 Å². The van der Waals surface area contributed by atoms with E-state index in [0.29, 0.717) is 6.04 Å². The minimum absolute atomic E-state index is 0.134. The Bertz CT molecular complexity index is 626. The number of nitrogens with one attached hydrogen (secondary N) is 1. The Morgan fingerprint density at radius 2 is 2.14 bits per heavy atom. The summed E-state index contributed by atoms with van der Waals surface area (Å²) >= 11 is 0. The van der Waals surface area contributed by atoms with Gasteiger partial charge in [-0.05, 0) is 66.8 Å². The van der Waals surface area contributed by atoms with Crippen LogP contribution in [-0.2, 0) is 12.8 Å². The van der Waals surface area contributed by atoms with Gasteiger partial charge in [0, 0.05) is 6.04 Å². The quantitative estimate of drug-likeness (QED) is 0.905. The van der Waals surface area contributed by atoms with E-state index >= 15 is 0 Å². The molecule has 0 spiro atoms. The van der Waals surface area contributed by atoms with Crippen molar-refractivity contribution in [3.8, 4) is 5.75 Å². The average Bonchev–Trinajstić information content (AvgIpc) is 2.90. The number of hydrogen-bond donors (Lipinski definition) is 1. The van der Waals surface area contributed by atoms with Crippen LogP contribution in [0.2, 0.25) is 0 Å². The molecule has 0 heterocycles. The summed E-state index contributed by atoms with van der Waals surface area (Å²) in [6.07, 6.45) is 2.98. The molecule has 1 atom stereocenters. The van der Waals surface area contributed by atoms with Crippen LogP contribution in [0.25, 0.3) is 0 Å². The second-order valence-corrected chi connectivity index (χ2v) is 5.49. The number of halogens is 1. The molecule has 0 aliphatic heterocycles. The van der Waals surface area contributed by atoms with E-state index in [1.165, 1.54) is 11.1 Å². The number of hydrogen-bond acceptors (Lipinski definition) is 2. The summed E-state index contributed by atoms with van der Waals surface area (Å²) in [6, 6.07) is 13.6. The molecule has 0 radical (unpaired) electrons. The van der Waals surface area contributed by atoms with E-state index < -0.39 is 0 Å². The van der Waals surface area contributed by atoms with Gasteiger partial charge in [-0.2, -0.15) is 0 Å². The van der Waals surface area contributed by atoms with Crippen molar-refractivity contribution < 1.29 is 9.13 Å². The Labute approximate surface area is 125 Å². The highest BCUT2D eigenvalue weighted by Gasteiger charge is 2.21. The minimum Gasteiger partial charge on any atom is -0.497 e. The van der Waals surface area contributed by atoms with Gasteiger partial charge in [-0.1, -0.05) is 18.2 Å². The van der Waals surface area contributed by atoms with Crippen molar-refractivity contribution in [3.05, 3.63) is 65.0 Å². The molecule has 0 aromatic heterocycles. The molecule has 0 saturated heterocycles. The first-order chi connectivity index (χ1) is 10.3. The zero-order valence-corrected chi connectivity index (χ0v) is 12.2. The third kappa shape index (κ3) is 3.24. The van der Waals surface area contributed by atoms with E-state index in [4.69, 9.17) is 4.74 Å². The Morgan fingerprint density at radius 3 is 3.00 bits per heavy atom. The van der Waals surface area contributed by atoms with Gasteiger partial charge < -0.3 is 10.1 Å². The molecule has 1 unspecified atom stereocenters. The van der Waals surface area contributed by atoms with Crippen molar-refractivity contribution >= 4 is 0 Å². The molecular weight excluding hydrogens is 265 g/mol. The van der Waals surface area contributed by atoms with Crippen LogP contribution in [0.15, 0.2) is 42.5 Å². The fraction of sp³-hybridized carbons (Fsp3) is 0.333. The molecule has 3 rings (SSSR count). The highest BCUT2D eigenvalue weighted by atomic mass is 19.1. The molecule has 2 nitrogen and oxygen atoms in total. The molecule has 3 heteroatoms. The van der Waals surface area contributed by atoms with Crippen molar-refractivity contribution in [3.63, 3.8) is 0 Å². The Morgan fingerprint density at radius 1 is 1.24 bits per heavy atom. The Kier molecular flexibility index (Phi) is 4.20. The van der Waals surface area contributed by atoms with Crippen LogP contribution >= 0.6 is 0 Å². The Hall–Kier alpha value is -1.87. The van der Waals surface area contributed by atoms with Crippen LogP contribution in [0.5, 0.6) is 5.75 Å². The molecular formula is C18H20FNO. The molecule has 1 N–H and O–H groups in total. The van der Waals surface area contributed by atoms with E-state index in [-0.39, 0.29) is 5.82 Å². The van der Waals surface area contributed by atoms with E-state index in [1.807, 2.05) is 18.2 Å². The normalized spacial score (nSPS) is 16.8. The van der Waals surface area contributed by atoms with Crippen molar-refractivity contribution in [2.45, 2.75) is 25.3 Å². The maximum Gasteiger partial charge on any atom is 0.123 e. The summed E-state index contributed by atoms with van der Waals surface area (Å²) in [6.45, 7) is 0.911. The second kappa shape index (κ2) is 6.27. The summed E-state index contributed by atoms with van der Waals surface area (Å²) < 4.78 is 18.4. The standard InChI is InChI=1S/C18H20FNO/c1-21-16-4-2-3-13(11-16)9-10-20-18-8-5-14-12-15(19)6-7-17(14)18/h2-4,6-7,11-12,18,20H,5,8-10H2,1H3. The third-order valence-electron chi connectivity index (χ3n) is 4.12. The first-order valence-corrected chi connectivity index (χ1v) is 7.41. The number of rotatable bonds is 5. The number of methoxy groups -OCH3 is 1. The fourth-order valence-corrected chi connectivity index (χ4v) is 3.02. The summed E-state index contributed by atoms with van der Waals surface area (Å²) in [7, 11) is 1.69. The van der Waals surface area contributed by atoms with Crippen molar-refractivity contribution in [2.75, 3.05) is 13.7 Å². The predicted molar refractivity (Wildman–Crippen MR) is 82.2 cm³/mol. The van der Waals surface area contributed by atoms with Gasteiger partial charge in [0.15, 0.2) is 0 Å². The minimum atomic E-state index is -0.134. The highest BCUT2D eigenvalue weighted by Crippen LogP contribution is 2.31. The maximum absolute atomic E-state index is 13.2. The van der Waals surface area contributed by atoms with Crippen LogP contribution in [0.4, 0.5) is 4.39 Å². The van der Waals surface area contributed by atoms with Crippen LogP contribution in [0, 0.1) is 5.82 Å². The van der Waals surface area contributed by atoms with Gasteiger partial charge in [0.25, 0.3) is 0 Å². The number of aryl methyl sites for hydroxylation is 1. The fourth-order valence-electron chi connectivity index (χ4n) is 3.02. The number of fused-ring (bicyclic) bond motifs is 1. The predicted octanol–water partition coefficient (Wildman–Crippen LogP) is 3.65. The van der Waals surface area contributed by atoms with E-state index in [2.05, 4.69) is 17.4 Å². The van der Waals surface area contributed by atoms with Crippen molar-refractivity contribution in [1.82, 2.24) is 5.32 Å². The topological polar surface area (TPSA) is 21.3 Å². The summed E-state index contributed by atoms with van der Waals surface area (Å²) in [4.78, 5) is 0. The van der Waals surface area contributed by atoms with Crippen LogP contribution in [0.3, 0.4) is 0 Å². The van der Waals surface area contributed by atoms with Gasteiger partial charge in [0.2, 0.25) is 0 Å². The van der Waals surface area contributed by atoms with Crippen molar-refractivity contribution in [1.29, 1.82) is 0 Å². The number of benzene rings is 2. The maximum atomic E-state index is 13.2. The van der Waals surface area contributed by atoms with E-state index in [0.717, 1.165) is 37.1 Å². The van der Waals surface area contributed by atoms with Crippen LogP contribution in [-0.4, -0.2) is 13.7 Å². The van der Waals surface area contributed by atoms with Crippen LogP contribution in [0.1, 0.15) is 29.2 Å². The summed E-state index contributed by atoms with van der Waals surface area (Å²) in [5, 5.41) is 3.58. The highest BCUT2D eigenvalue weighted by molar-refractivity contribution is 5.35. The monoisotopic (exact) mass is 285 g/mol. The molecule has 2 aromatic rings. The zero-order chi connectivity index (χ0) is 14.7. The lowest BCUT2D eigenvalue weighted by atomic mass is 10.1. The average molecular weight is 285 g/mol. The Balaban J connectivity index is 1.57. The number of ether oxygens (including phenoxy) is 1. The molecule has 2 aromatic carbocycles. The second-order valence-electron chi connectivity index (χ2n) is 5.49. The van der Waals surface area contributed by atoms with E-state index in [1.54, 1.807) is 19.2 Å². The van der Waals surface area contributed by atoms with Gasteiger partial charge in [-0.3, -0.25) is 0 Å². The van der Waals surface area contributed by atoms with Gasteiger partial charge in [0.05, 0.1) is 7.11 Å². The largest absolute Gasteiger partial charge is 0.497 e. The molecule has 110 valence electrons. The summed E-state index contributed by atoms with van der Waals surface area (Å²) in [5.74, 6) is 0.764. The molecule has 0 fully saturated rings. The smallest absolute Gasteiger partial charge is 0.123 e. The third-order valence-corrected chi connectivity index (χ3v) is 4.12. The van der Waals surface area contributed by atoms with Gasteiger partial charge in [0.1, 0.15) is 11.6 Å². The molecule has 1 aliphatic carbocycles. The van der Waals surface area contributed by atoms with Gasteiger partial charge in [-0.25, -0.2) is 4.39 Å². The first-order valence-electron chi connectivity index (χ1n) is 7.41. The van der Waals surface area contributed by atoms with Gasteiger partial charge in [-0.15, -0.1) is 0 Å². The lowest BCUT2D eigenvalue weighted by molar-refractivity contribution is 0.414. The molecule has 0 saturated carbocycles. The zero-order valence-electron chi connectivity index (χ0n) is 12.2. The summed E-state index contributed by atoms with van der Waals surface area (Å²) in [5.41, 5.74) is 3.66. The van der Waals surface area contributed by atoms with Gasteiger partial charge >= 0.3 is 0 Å². The SMILES string of the molecule is COc1cccc(CCNC2CCc3cc(F)ccc32)c1. The molecule has 1 aliphatic rings. The lowest BCUT2D eigenvalue weighted by Gasteiger charge is -2.14. The lowest BCUT2D eigenvalue weighted by Crippen LogP contribution is -2.21. The molecule has 0 bridgehead atoms.